The molecule has 6 aromatic rings. The molecular formula is C33H28O2. The minimum absolute atomic E-state index is 0.341. The van der Waals surface area contributed by atoms with E-state index in [-0.39, 0.29) is 0 Å². The summed E-state index contributed by atoms with van der Waals surface area (Å²) in [6, 6.07) is 37.3. The van der Waals surface area contributed by atoms with Crippen molar-refractivity contribution >= 4 is 32.3 Å². The zero-order valence-electron chi connectivity index (χ0n) is 20.1. The van der Waals surface area contributed by atoms with E-state index < -0.39 is 0 Å². The van der Waals surface area contributed by atoms with E-state index in [9.17, 15) is 0 Å². The number of hydrogen-bond donors (Lipinski definition) is 0. The first-order valence-corrected chi connectivity index (χ1v) is 12.2. The third-order valence-corrected chi connectivity index (χ3v) is 7.31. The van der Waals surface area contributed by atoms with Gasteiger partial charge in [-0.05, 0) is 92.0 Å². The van der Waals surface area contributed by atoms with Gasteiger partial charge in [0, 0.05) is 0 Å². The smallest absolute Gasteiger partial charge is 0.118 e. The van der Waals surface area contributed by atoms with Crippen molar-refractivity contribution in [3.8, 4) is 11.5 Å². The molecule has 0 N–H and O–H groups in total. The van der Waals surface area contributed by atoms with E-state index >= 15 is 0 Å². The van der Waals surface area contributed by atoms with Crippen molar-refractivity contribution < 1.29 is 9.47 Å². The molecule has 0 radical (unpaired) electrons. The van der Waals surface area contributed by atoms with E-state index in [4.69, 9.17) is 9.47 Å². The van der Waals surface area contributed by atoms with Gasteiger partial charge in [-0.3, -0.25) is 0 Å². The van der Waals surface area contributed by atoms with Crippen molar-refractivity contribution in [2.75, 3.05) is 14.2 Å². The molecule has 35 heavy (non-hydrogen) atoms. The summed E-state index contributed by atoms with van der Waals surface area (Å²) in [6.07, 6.45) is 1.92. The molecule has 0 aliphatic rings. The van der Waals surface area contributed by atoms with Crippen LogP contribution in [0.4, 0.5) is 0 Å². The van der Waals surface area contributed by atoms with E-state index in [1.54, 1.807) is 14.2 Å². The fraction of sp³-hybridized carbons (Fsp3) is 0.152. The lowest BCUT2D eigenvalue weighted by Gasteiger charge is -2.21. The van der Waals surface area contributed by atoms with E-state index in [1.807, 2.05) is 0 Å². The highest BCUT2D eigenvalue weighted by Gasteiger charge is 2.17. The Hall–Kier alpha value is -4.04. The molecule has 2 nitrogen and oxygen atoms in total. The molecule has 1 atom stereocenters. The summed E-state index contributed by atoms with van der Waals surface area (Å²) in [6.45, 7) is 0. The summed E-state index contributed by atoms with van der Waals surface area (Å²) in [5, 5.41) is 8.05. The molecule has 6 aromatic carbocycles. The Morgan fingerprint density at radius 2 is 1.11 bits per heavy atom. The highest BCUT2D eigenvalue weighted by atomic mass is 16.5. The zero-order valence-corrected chi connectivity index (χ0v) is 20.1. The molecule has 0 amide bonds. The van der Waals surface area contributed by atoms with Crippen LogP contribution < -0.4 is 9.47 Å². The van der Waals surface area contributed by atoms with Gasteiger partial charge >= 0.3 is 0 Å². The Morgan fingerprint density at radius 3 is 1.77 bits per heavy atom. The van der Waals surface area contributed by atoms with Gasteiger partial charge in [0.05, 0.1) is 14.2 Å². The summed E-state index contributed by atoms with van der Waals surface area (Å²) in [5.41, 5.74) is 4.03. The van der Waals surface area contributed by atoms with Gasteiger partial charge in [0.15, 0.2) is 0 Å². The molecule has 0 aliphatic heterocycles. The van der Waals surface area contributed by atoms with Gasteiger partial charge in [-0.2, -0.15) is 0 Å². The largest absolute Gasteiger partial charge is 0.497 e. The lowest BCUT2D eigenvalue weighted by molar-refractivity contribution is 0.414. The van der Waals surface area contributed by atoms with Gasteiger partial charge in [-0.1, -0.05) is 78.9 Å². The third-order valence-electron chi connectivity index (χ3n) is 7.31. The molecule has 172 valence electrons. The number of ether oxygens (including phenoxy) is 2. The first-order chi connectivity index (χ1) is 17.2. The van der Waals surface area contributed by atoms with Crippen molar-refractivity contribution in [1.82, 2.24) is 0 Å². The van der Waals surface area contributed by atoms with Gasteiger partial charge in [0.1, 0.15) is 11.5 Å². The summed E-state index contributed by atoms with van der Waals surface area (Å²) in [7, 11) is 3.43. The van der Waals surface area contributed by atoms with Crippen LogP contribution in [-0.2, 0) is 12.8 Å². The number of methoxy groups -OCH3 is 2. The lowest BCUT2D eigenvalue weighted by Crippen LogP contribution is -2.08. The Labute approximate surface area is 206 Å². The van der Waals surface area contributed by atoms with Crippen LogP contribution in [0.25, 0.3) is 32.3 Å². The van der Waals surface area contributed by atoms with Crippen LogP contribution in [0.5, 0.6) is 11.5 Å². The average Bonchev–Trinajstić information content (AvgIpc) is 2.92. The SMILES string of the molecule is COc1ccc(CC(Cc2ccc3ccc4cccc5ccc2c3c45)c2ccc(OC)cc2)cc1. The van der Waals surface area contributed by atoms with Gasteiger partial charge in [-0.15, -0.1) is 0 Å². The maximum Gasteiger partial charge on any atom is 0.118 e. The van der Waals surface area contributed by atoms with Crippen molar-refractivity contribution in [2.45, 2.75) is 18.8 Å². The summed E-state index contributed by atoms with van der Waals surface area (Å²) in [5.74, 6) is 2.12. The number of benzene rings is 6. The molecule has 0 spiro atoms. The molecular weight excluding hydrogens is 428 g/mol. The monoisotopic (exact) mass is 456 g/mol. The second-order valence-corrected chi connectivity index (χ2v) is 9.31. The van der Waals surface area contributed by atoms with Crippen molar-refractivity contribution in [2.24, 2.45) is 0 Å². The lowest BCUT2D eigenvalue weighted by atomic mass is 9.84. The van der Waals surface area contributed by atoms with E-state index in [2.05, 4.69) is 103 Å². The molecule has 0 heterocycles. The Balaban J connectivity index is 1.44. The average molecular weight is 457 g/mol. The van der Waals surface area contributed by atoms with Crippen LogP contribution in [0, 0.1) is 0 Å². The van der Waals surface area contributed by atoms with Crippen LogP contribution in [0.3, 0.4) is 0 Å². The van der Waals surface area contributed by atoms with Gasteiger partial charge in [0.2, 0.25) is 0 Å². The molecule has 0 saturated carbocycles. The molecule has 0 fully saturated rings. The standard InChI is InChI=1S/C33H28O2/c1-34-29-15-6-22(7-16-29)20-28(23-12-17-30(35-2)18-13-23)21-27-11-10-26-9-8-24-4-3-5-25-14-19-31(27)33(26)32(24)25/h3-19,28H,20-21H2,1-2H3. The fourth-order valence-corrected chi connectivity index (χ4v) is 5.47. The van der Waals surface area contributed by atoms with Crippen LogP contribution in [0.2, 0.25) is 0 Å². The van der Waals surface area contributed by atoms with Crippen molar-refractivity contribution in [3.05, 3.63) is 120 Å². The van der Waals surface area contributed by atoms with Crippen LogP contribution in [0.15, 0.2) is 103 Å². The number of rotatable bonds is 7. The molecule has 6 rings (SSSR count). The van der Waals surface area contributed by atoms with E-state index in [1.165, 1.54) is 49.0 Å². The number of hydrogen-bond acceptors (Lipinski definition) is 2. The van der Waals surface area contributed by atoms with E-state index in [0.29, 0.717) is 5.92 Å². The van der Waals surface area contributed by atoms with E-state index in [0.717, 1.165) is 24.3 Å². The Bertz CT molecular complexity index is 1580. The van der Waals surface area contributed by atoms with Gasteiger partial charge in [-0.25, -0.2) is 0 Å². The maximum absolute atomic E-state index is 5.42. The third kappa shape index (κ3) is 3.95. The minimum atomic E-state index is 0.341. The predicted octanol–water partition coefficient (Wildman–Crippen LogP) is 8.17. The quantitative estimate of drug-likeness (QED) is 0.226. The van der Waals surface area contributed by atoms with Gasteiger partial charge < -0.3 is 9.47 Å². The molecule has 0 saturated heterocycles. The highest BCUT2D eigenvalue weighted by Crippen LogP contribution is 2.38. The second-order valence-electron chi connectivity index (χ2n) is 9.31. The molecule has 0 bridgehead atoms. The summed E-state index contributed by atoms with van der Waals surface area (Å²) in [4.78, 5) is 0. The van der Waals surface area contributed by atoms with Crippen molar-refractivity contribution in [1.29, 1.82) is 0 Å². The topological polar surface area (TPSA) is 18.5 Å². The predicted molar refractivity (Wildman–Crippen MR) is 146 cm³/mol. The zero-order chi connectivity index (χ0) is 23.8. The van der Waals surface area contributed by atoms with Crippen LogP contribution in [-0.4, -0.2) is 14.2 Å². The maximum atomic E-state index is 5.42. The minimum Gasteiger partial charge on any atom is -0.497 e. The Morgan fingerprint density at radius 1 is 0.543 bits per heavy atom. The summed E-state index contributed by atoms with van der Waals surface area (Å²) < 4.78 is 10.8. The molecule has 0 aromatic heterocycles. The van der Waals surface area contributed by atoms with Crippen molar-refractivity contribution in [3.63, 3.8) is 0 Å². The fourth-order valence-electron chi connectivity index (χ4n) is 5.47. The highest BCUT2D eigenvalue weighted by molar-refractivity contribution is 6.23. The Kier molecular flexibility index (Phi) is 5.50. The molecule has 2 heteroatoms. The van der Waals surface area contributed by atoms with Gasteiger partial charge in [0.25, 0.3) is 0 Å². The molecule has 0 aliphatic carbocycles. The molecule has 1 unspecified atom stereocenters. The summed E-state index contributed by atoms with van der Waals surface area (Å²) >= 11 is 0. The second kappa shape index (κ2) is 8.96. The first-order valence-electron chi connectivity index (χ1n) is 12.2. The normalized spacial score (nSPS) is 12.4. The van der Waals surface area contributed by atoms with Crippen LogP contribution >= 0.6 is 0 Å². The van der Waals surface area contributed by atoms with Crippen LogP contribution in [0.1, 0.15) is 22.6 Å². The first kappa shape index (κ1) is 21.5.